The van der Waals surface area contributed by atoms with Crippen molar-refractivity contribution in [1.29, 1.82) is 0 Å². The maximum Gasteiger partial charge on any atom is 0.417 e. The second-order valence-corrected chi connectivity index (χ2v) is 13.5. The van der Waals surface area contributed by atoms with Crippen molar-refractivity contribution < 1.29 is 31.1 Å². The van der Waals surface area contributed by atoms with Crippen molar-refractivity contribution in [2.24, 2.45) is 0 Å². The van der Waals surface area contributed by atoms with Gasteiger partial charge in [-0.1, -0.05) is 24.3 Å². The van der Waals surface area contributed by atoms with Crippen LogP contribution in [0.4, 0.5) is 13.2 Å². The highest BCUT2D eigenvalue weighted by atomic mass is 32.2. The van der Waals surface area contributed by atoms with E-state index in [0.29, 0.717) is 42.3 Å². The van der Waals surface area contributed by atoms with Crippen LogP contribution in [0, 0.1) is 0 Å². The first-order chi connectivity index (χ1) is 20.1. The maximum absolute atomic E-state index is 14.0. The van der Waals surface area contributed by atoms with Gasteiger partial charge < -0.3 is 9.47 Å². The van der Waals surface area contributed by atoms with Crippen LogP contribution in [-0.2, 0) is 40.4 Å². The molecular formula is C29H35F3N4O4S2. The topological polar surface area (TPSA) is 76.9 Å². The number of hydrogen-bond donors (Lipinski definition) is 0. The maximum atomic E-state index is 14.0. The molecule has 0 radical (unpaired) electrons. The molecule has 0 aliphatic carbocycles. The summed E-state index contributed by atoms with van der Waals surface area (Å²) < 4.78 is 81.1. The molecule has 13 heteroatoms. The van der Waals surface area contributed by atoms with E-state index in [2.05, 4.69) is 4.90 Å². The number of ether oxygens (including phenoxy) is 2. The zero-order valence-corrected chi connectivity index (χ0v) is 25.1. The van der Waals surface area contributed by atoms with Crippen LogP contribution in [0.5, 0.6) is 5.75 Å². The number of halogens is 3. The molecule has 0 saturated carbocycles. The van der Waals surface area contributed by atoms with Crippen LogP contribution in [0.25, 0.3) is 11.3 Å². The summed E-state index contributed by atoms with van der Waals surface area (Å²) in [5.74, 6) is 0.973. The average Bonchev–Trinajstić information content (AvgIpc) is 3.33. The Bertz CT molecular complexity index is 1460. The lowest BCUT2D eigenvalue weighted by Gasteiger charge is -2.27. The molecule has 228 valence electrons. The van der Waals surface area contributed by atoms with Gasteiger partial charge in [0, 0.05) is 73.2 Å². The van der Waals surface area contributed by atoms with Gasteiger partial charge in [0.05, 0.1) is 37.3 Å². The van der Waals surface area contributed by atoms with Crippen LogP contribution in [-0.4, -0.2) is 85.4 Å². The number of sulfonamides is 1. The van der Waals surface area contributed by atoms with Crippen molar-refractivity contribution in [3.63, 3.8) is 0 Å². The van der Waals surface area contributed by atoms with E-state index in [4.69, 9.17) is 14.6 Å². The highest BCUT2D eigenvalue weighted by molar-refractivity contribution is 7.99. The van der Waals surface area contributed by atoms with Crippen LogP contribution in [0.2, 0.25) is 0 Å². The minimum Gasteiger partial charge on any atom is -0.493 e. The fourth-order valence-corrected chi connectivity index (χ4v) is 7.01. The molecule has 1 aromatic heterocycles. The van der Waals surface area contributed by atoms with Crippen LogP contribution < -0.4 is 4.74 Å². The lowest BCUT2D eigenvalue weighted by atomic mass is 10.0. The van der Waals surface area contributed by atoms with Gasteiger partial charge in [-0.05, 0) is 30.7 Å². The number of benzene rings is 2. The first kappa shape index (κ1) is 30.9. The number of morpholine rings is 1. The Kier molecular flexibility index (Phi) is 9.83. The number of fused-ring (bicyclic) bond motifs is 1. The van der Waals surface area contributed by atoms with E-state index in [-0.39, 0.29) is 18.0 Å². The summed E-state index contributed by atoms with van der Waals surface area (Å²) in [6.07, 6.45) is -2.01. The molecule has 0 atom stereocenters. The van der Waals surface area contributed by atoms with Gasteiger partial charge in [-0.15, -0.1) is 11.8 Å². The molecule has 42 heavy (non-hydrogen) atoms. The third-order valence-corrected chi connectivity index (χ3v) is 9.70. The fourth-order valence-electron chi connectivity index (χ4n) is 5.29. The van der Waals surface area contributed by atoms with Gasteiger partial charge in [0.1, 0.15) is 5.75 Å². The van der Waals surface area contributed by atoms with E-state index in [1.165, 1.54) is 22.7 Å². The first-order valence-electron chi connectivity index (χ1n) is 14.0. The Hall–Kier alpha value is -2.58. The molecule has 1 saturated heterocycles. The molecule has 2 aromatic carbocycles. The zero-order chi connectivity index (χ0) is 29.7. The number of rotatable bonds is 11. The summed E-state index contributed by atoms with van der Waals surface area (Å²) >= 11 is 1.08. The summed E-state index contributed by atoms with van der Waals surface area (Å²) in [5.41, 5.74) is 2.04. The van der Waals surface area contributed by atoms with Crippen molar-refractivity contribution in [3.8, 4) is 17.0 Å². The average molecular weight is 625 g/mol. The van der Waals surface area contributed by atoms with E-state index in [1.807, 2.05) is 22.9 Å². The molecule has 0 unspecified atom stereocenters. The summed E-state index contributed by atoms with van der Waals surface area (Å²) in [6, 6.07) is 13.2. The van der Waals surface area contributed by atoms with Gasteiger partial charge in [0.2, 0.25) is 10.0 Å². The number of thioether (sulfide) groups is 1. The van der Waals surface area contributed by atoms with Gasteiger partial charge >= 0.3 is 6.18 Å². The molecule has 3 aromatic rings. The van der Waals surface area contributed by atoms with Crippen molar-refractivity contribution in [2.45, 2.75) is 37.0 Å². The summed E-state index contributed by atoms with van der Waals surface area (Å²) in [4.78, 5) is 2.43. The molecule has 1 fully saturated rings. The monoisotopic (exact) mass is 624 g/mol. The van der Waals surface area contributed by atoms with E-state index >= 15 is 0 Å². The summed E-state index contributed by atoms with van der Waals surface area (Å²) in [6.45, 7) is 5.45. The minimum atomic E-state index is -4.52. The lowest BCUT2D eigenvalue weighted by molar-refractivity contribution is -0.139. The predicted octanol–water partition coefficient (Wildman–Crippen LogP) is 4.78. The zero-order valence-electron chi connectivity index (χ0n) is 23.5. The standard InChI is InChI=1S/C29H35F3N4O4S2/c1-42(37,38)35-13-10-26-24(21-35)28(33-36(26)12-5-11-34-14-16-39-17-15-34)22-8-9-25(29(30,31)32)27(20-22)41-19-18-40-23-6-3-2-4-7-23/h2-4,6-9,20H,5,10-19,21H2,1H3. The number of aromatic nitrogens is 2. The Labute approximate surface area is 248 Å². The number of alkyl halides is 3. The Balaban J connectivity index is 1.40. The molecule has 3 heterocycles. The van der Waals surface area contributed by atoms with Crippen molar-refractivity contribution in [3.05, 3.63) is 65.4 Å². The van der Waals surface area contributed by atoms with Gasteiger partial charge in [0.25, 0.3) is 0 Å². The smallest absolute Gasteiger partial charge is 0.417 e. The number of para-hydroxylation sites is 1. The van der Waals surface area contributed by atoms with E-state index < -0.39 is 21.8 Å². The Morgan fingerprint density at radius 3 is 2.52 bits per heavy atom. The number of aryl methyl sites for hydroxylation is 1. The lowest BCUT2D eigenvalue weighted by Crippen LogP contribution is -2.37. The van der Waals surface area contributed by atoms with Crippen LogP contribution >= 0.6 is 11.8 Å². The van der Waals surface area contributed by atoms with Crippen molar-refractivity contribution in [2.75, 3.05) is 58.0 Å². The van der Waals surface area contributed by atoms with Gasteiger partial charge in [-0.25, -0.2) is 8.42 Å². The van der Waals surface area contributed by atoms with Crippen LogP contribution in [0.15, 0.2) is 53.4 Å². The van der Waals surface area contributed by atoms with Gasteiger partial charge in [-0.2, -0.15) is 22.6 Å². The minimum absolute atomic E-state index is 0.0862. The third kappa shape index (κ3) is 7.67. The molecule has 0 amide bonds. The van der Waals surface area contributed by atoms with E-state index in [9.17, 15) is 21.6 Å². The molecule has 0 spiro atoms. The largest absolute Gasteiger partial charge is 0.493 e. The van der Waals surface area contributed by atoms with Crippen molar-refractivity contribution in [1.82, 2.24) is 19.0 Å². The fraction of sp³-hybridized carbons (Fsp3) is 0.483. The molecule has 5 rings (SSSR count). The van der Waals surface area contributed by atoms with Gasteiger partial charge in [-0.3, -0.25) is 9.58 Å². The van der Waals surface area contributed by atoms with Crippen LogP contribution in [0.3, 0.4) is 0 Å². The molecule has 0 bridgehead atoms. The highest BCUT2D eigenvalue weighted by Gasteiger charge is 2.35. The Morgan fingerprint density at radius 2 is 1.81 bits per heavy atom. The molecule has 2 aliphatic rings. The molecule has 2 aliphatic heterocycles. The first-order valence-corrected chi connectivity index (χ1v) is 16.8. The molecule has 8 nitrogen and oxygen atoms in total. The van der Waals surface area contributed by atoms with E-state index in [1.54, 1.807) is 12.1 Å². The van der Waals surface area contributed by atoms with Crippen LogP contribution in [0.1, 0.15) is 23.2 Å². The SMILES string of the molecule is CS(=O)(=O)N1CCc2c(c(-c3ccc(C(F)(F)F)c(SCCOc4ccccc4)c3)nn2CCCN2CCOCC2)C1. The summed E-state index contributed by atoms with van der Waals surface area (Å²) in [7, 11) is -3.45. The molecular weight excluding hydrogens is 589 g/mol. The van der Waals surface area contributed by atoms with Crippen molar-refractivity contribution >= 4 is 21.8 Å². The normalized spacial score (nSPS) is 16.9. The number of nitrogens with zero attached hydrogens (tertiary/aromatic N) is 4. The second kappa shape index (κ2) is 13.4. The third-order valence-electron chi connectivity index (χ3n) is 7.43. The van der Waals surface area contributed by atoms with E-state index in [0.717, 1.165) is 68.4 Å². The Morgan fingerprint density at radius 1 is 1.05 bits per heavy atom. The molecule has 0 N–H and O–H groups in total. The summed E-state index contributed by atoms with van der Waals surface area (Å²) in [5, 5.41) is 4.87. The predicted molar refractivity (Wildman–Crippen MR) is 156 cm³/mol. The second-order valence-electron chi connectivity index (χ2n) is 10.4. The van der Waals surface area contributed by atoms with Gasteiger partial charge in [0.15, 0.2) is 0 Å². The number of hydrogen-bond acceptors (Lipinski definition) is 7. The quantitative estimate of drug-likeness (QED) is 0.225. The highest BCUT2D eigenvalue weighted by Crippen LogP contribution is 2.40.